The van der Waals surface area contributed by atoms with Crippen LogP contribution in [0.2, 0.25) is 0 Å². The monoisotopic (exact) mass is 411 g/mol. The number of hydrogen-bond acceptors (Lipinski definition) is 6. The summed E-state index contributed by atoms with van der Waals surface area (Å²) < 4.78 is 5.33. The number of carbonyl (C=O) groups is 2. The van der Waals surface area contributed by atoms with Crippen molar-refractivity contribution in [3.63, 3.8) is 0 Å². The van der Waals surface area contributed by atoms with Gasteiger partial charge in [-0.25, -0.2) is 9.78 Å². The molecule has 29 heavy (non-hydrogen) atoms. The minimum Gasteiger partial charge on any atom is -0.456 e. The highest BCUT2D eigenvalue weighted by Gasteiger charge is 2.23. The summed E-state index contributed by atoms with van der Waals surface area (Å²) in [6.45, 7) is -0.185. The van der Waals surface area contributed by atoms with Gasteiger partial charge in [0, 0.05) is 5.56 Å². The van der Waals surface area contributed by atoms with Crippen LogP contribution in [0.15, 0.2) is 59.4 Å². The Bertz CT molecular complexity index is 1050. The van der Waals surface area contributed by atoms with Crippen LogP contribution in [0.5, 0.6) is 0 Å². The highest BCUT2D eigenvalue weighted by molar-refractivity contribution is 7.98. The number of ether oxygens (including phenoxy) is 1. The van der Waals surface area contributed by atoms with Crippen LogP contribution in [0.4, 0.5) is 0 Å². The molecule has 1 aromatic heterocycles. The van der Waals surface area contributed by atoms with Gasteiger partial charge >= 0.3 is 5.97 Å². The zero-order valence-corrected chi connectivity index (χ0v) is 16.7. The largest absolute Gasteiger partial charge is 0.456 e. The van der Waals surface area contributed by atoms with Crippen LogP contribution in [0.1, 0.15) is 22.6 Å². The number of aromatic amines is 1. The van der Waals surface area contributed by atoms with Gasteiger partial charge in [-0.2, -0.15) is 11.8 Å². The van der Waals surface area contributed by atoms with E-state index < -0.39 is 12.0 Å². The maximum absolute atomic E-state index is 12.6. The number of nitrogens with one attached hydrogen (secondary N) is 2. The van der Waals surface area contributed by atoms with Crippen molar-refractivity contribution in [2.45, 2.75) is 19.1 Å². The molecule has 150 valence electrons. The van der Waals surface area contributed by atoms with Crippen LogP contribution in [0.3, 0.4) is 0 Å². The standard InChI is InChI=1S/C21H21N3O4S/c1-29-12-11-17(23-19(25)14-7-3-2-4-8-14)21(27)28-13-18-22-16-10-6-5-9-15(16)20(26)24-18/h2-10,17H,11-13H2,1H3,(H,23,25)(H,22,24,26)/t17-/m1/s1. The van der Waals surface area contributed by atoms with Gasteiger partial charge in [0.05, 0.1) is 10.9 Å². The van der Waals surface area contributed by atoms with Crippen LogP contribution in [0.25, 0.3) is 10.9 Å². The number of fused-ring (bicyclic) bond motifs is 1. The number of amides is 1. The number of carbonyl (C=O) groups excluding carboxylic acids is 2. The maximum atomic E-state index is 12.6. The van der Waals surface area contributed by atoms with E-state index in [4.69, 9.17) is 4.74 Å². The van der Waals surface area contributed by atoms with E-state index in [1.165, 1.54) is 0 Å². The molecule has 0 saturated heterocycles. The Hall–Kier alpha value is -3.13. The van der Waals surface area contributed by atoms with Gasteiger partial charge in [0.2, 0.25) is 0 Å². The minimum absolute atomic E-state index is 0.185. The summed E-state index contributed by atoms with van der Waals surface area (Å²) >= 11 is 1.57. The average molecular weight is 411 g/mol. The molecule has 3 rings (SSSR count). The van der Waals surface area contributed by atoms with E-state index in [1.54, 1.807) is 60.3 Å². The van der Waals surface area contributed by atoms with Crippen molar-refractivity contribution in [1.29, 1.82) is 0 Å². The third-order valence-electron chi connectivity index (χ3n) is 4.25. The summed E-state index contributed by atoms with van der Waals surface area (Å²) in [5.74, 6) is 0.0185. The van der Waals surface area contributed by atoms with Crippen LogP contribution in [-0.2, 0) is 16.1 Å². The number of thioether (sulfide) groups is 1. The number of aromatic nitrogens is 2. The Kier molecular flexibility index (Phi) is 7.02. The first-order valence-corrected chi connectivity index (χ1v) is 10.5. The zero-order chi connectivity index (χ0) is 20.6. The number of nitrogens with zero attached hydrogens (tertiary/aromatic N) is 1. The number of esters is 1. The second-order valence-corrected chi connectivity index (χ2v) is 7.30. The van der Waals surface area contributed by atoms with Gasteiger partial charge in [0.25, 0.3) is 11.5 Å². The van der Waals surface area contributed by atoms with Crippen molar-refractivity contribution < 1.29 is 14.3 Å². The molecule has 0 aliphatic heterocycles. The lowest BCUT2D eigenvalue weighted by Gasteiger charge is -2.17. The van der Waals surface area contributed by atoms with E-state index in [2.05, 4.69) is 15.3 Å². The molecule has 2 N–H and O–H groups in total. The second-order valence-electron chi connectivity index (χ2n) is 6.31. The molecule has 1 heterocycles. The molecule has 1 atom stereocenters. The van der Waals surface area contributed by atoms with Crippen LogP contribution < -0.4 is 10.9 Å². The quantitative estimate of drug-likeness (QED) is 0.553. The van der Waals surface area contributed by atoms with E-state index in [9.17, 15) is 14.4 Å². The molecular weight excluding hydrogens is 390 g/mol. The fourth-order valence-corrected chi connectivity index (χ4v) is 3.23. The lowest BCUT2D eigenvalue weighted by Crippen LogP contribution is -2.42. The first-order chi connectivity index (χ1) is 14.1. The summed E-state index contributed by atoms with van der Waals surface area (Å²) in [7, 11) is 0. The Morgan fingerprint density at radius 2 is 1.86 bits per heavy atom. The van der Waals surface area contributed by atoms with Gasteiger partial charge < -0.3 is 15.0 Å². The highest BCUT2D eigenvalue weighted by atomic mass is 32.2. The number of para-hydroxylation sites is 1. The number of rotatable bonds is 8. The average Bonchev–Trinajstić information content (AvgIpc) is 2.75. The lowest BCUT2D eigenvalue weighted by molar-refractivity contribution is -0.147. The van der Waals surface area contributed by atoms with Crippen LogP contribution in [0, 0.1) is 0 Å². The highest BCUT2D eigenvalue weighted by Crippen LogP contribution is 2.09. The fourth-order valence-electron chi connectivity index (χ4n) is 2.76. The van der Waals surface area contributed by atoms with Crippen molar-refractivity contribution in [2.24, 2.45) is 0 Å². The normalized spacial score (nSPS) is 11.8. The first-order valence-electron chi connectivity index (χ1n) is 9.08. The SMILES string of the molecule is CSCC[C@@H](NC(=O)c1ccccc1)C(=O)OCc1nc2ccccc2c(=O)[nH]1. The van der Waals surface area contributed by atoms with Crippen molar-refractivity contribution in [3.05, 3.63) is 76.3 Å². The third-order valence-corrected chi connectivity index (χ3v) is 4.89. The van der Waals surface area contributed by atoms with Crippen LogP contribution >= 0.6 is 11.8 Å². The van der Waals surface area contributed by atoms with Gasteiger partial charge in [0.1, 0.15) is 18.5 Å². The van der Waals surface area contributed by atoms with Gasteiger partial charge in [0.15, 0.2) is 0 Å². The zero-order valence-electron chi connectivity index (χ0n) is 15.9. The Balaban J connectivity index is 1.68. The maximum Gasteiger partial charge on any atom is 0.329 e. The first kappa shape index (κ1) is 20.6. The molecule has 3 aromatic rings. The molecule has 0 unspecified atom stereocenters. The van der Waals surface area contributed by atoms with Gasteiger partial charge in [-0.3, -0.25) is 9.59 Å². The summed E-state index contributed by atoms with van der Waals surface area (Å²) in [6.07, 6.45) is 2.35. The summed E-state index contributed by atoms with van der Waals surface area (Å²) in [4.78, 5) is 44.0. The molecular formula is C21H21N3O4S. The van der Waals surface area contributed by atoms with Gasteiger partial charge in [-0.15, -0.1) is 0 Å². The van der Waals surface area contributed by atoms with Gasteiger partial charge in [-0.1, -0.05) is 30.3 Å². The Morgan fingerprint density at radius 3 is 2.62 bits per heavy atom. The van der Waals surface area contributed by atoms with Gasteiger partial charge in [-0.05, 0) is 42.7 Å². The fraction of sp³-hybridized carbons (Fsp3) is 0.238. The smallest absolute Gasteiger partial charge is 0.329 e. The molecule has 0 aliphatic rings. The molecule has 0 aliphatic carbocycles. The molecule has 0 spiro atoms. The van der Waals surface area contributed by atoms with Crippen molar-refractivity contribution in [1.82, 2.24) is 15.3 Å². The van der Waals surface area contributed by atoms with E-state index in [-0.39, 0.29) is 23.9 Å². The van der Waals surface area contributed by atoms with Crippen molar-refractivity contribution >= 4 is 34.5 Å². The van der Waals surface area contributed by atoms with E-state index in [0.29, 0.717) is 28.6 Å². The molecule has 1 amide bonds. The van der Waals surface area contributed by atoms with Crippen molar-refractivity contribution in [2.75, 3.05) is 12.0 Å². The number of H-pyrrole nitrogens is 1. The van der Waals surface area contributed by atoms with E-state index in [0.717, 1.165) is 0 Å². The topological polar surface area (TPSA) is 101 Å². The third kappa shape index (κ3) is 5.45. The Labute approximate surface area is 171 Å². The molecule has 7 nitrogen and oxygen atoms in total. The molecule has 0 bridgehead atoms. The Morgan fingerprint density at radius 1 is 1.14 bits per heavy atom. The molecule has 0 saturated carbocycles. The summed E-state index contributed by atoms with van der Waals surface area (Å²) in [6, 6.07) is 14.8. The molecule has 2 aromatic carbocycles. The second kappa shape index (κ2) is 9.88. The van der Waals surface area contributed by atoms with E-state index in [1.807, 2.05) is 12.3 Å². The molecule has 0 fully saturated rings. The predicted molar refractivity (Wildman–Crippen MR) is 113 cm³/mol. The summed E-state index contributed by atoms with van der Waals surface area (Å²) in [5.41, 5.74) is 0.701. The van der Waals surface area contributed by atoms with Crippen molar-refractivity contribution in [3.8, 4) is 0 Å². The minimum atomic E-state index is -0.790. The summed E-state index contributed by atoms with van der Waals surface area (Å²) in [5, 5.41) is 3.19. The lowest BCUT2D eigenvalue weighted by atomic mass is 10.1. The van der Waals surface area contributed by atoms with Crippen LogP contribution in [-0.4, -0.2) is 39.9 Å². The predicted octanol–water partition coefficient (Wildman–Crippen LogP) is 2.52. The number of hydrogen-bond donors (Lipinski definition) is 2. The number of benzene rings is 2. The molecule has 0 radical (unpaired) electrons. The van der Waals surface area contributed by atoms with E-state index >= 15 is 0 Å². The molecule has 8 heteroatoms.